The first-order valence-corrected chi connectivity index (χ1v) is 12.4. The topological polar surface area (TPSA) is 98.8 Å². The Kier molecular flexibility index (Phi) is 8.17. The SMILES string of the molecule is CC1CCCC(C)N1C(=O)C(=O)NC1CCC(NC(=O)C(=O)N2C(C)CCCC2C)CC1. The lowest BCUT2D eigenvalue weighted by atomic mass is 9.91. The molecule has 0 bridgehead atoms. The Morgan fingerprint density at radius 3 is 1.09 bits per heavy atom. The first-order chi connectivity index (χ1) is 15.2. The molecule has 1 aliphatic carbocycles. The van der Waals surface area contributed by atoms with Crippen LogP contribution in [0.1, 0.15) is 91.9 Å². The highest BCUT2D eigenvalue weighted by Crippen LogP contribution is 2.24. The van der Waals surface area contributed by atoms with Gasteiger partial charge in [-0.3, -0.25) is 19.2 Å². The van der Waals surface area contributed by atoms with Crippen LogP contribution in [0.2, 0.25) is 0 Å². The van der Waals surface area contributed by atoms with Crippen LogP contribution in [0.15, 0.2) is 0 Å². The first kappa shape index (κ1) is 24.5. The number of piperidine rings is 2. The van der Waals surface area contributed by atoms with Crippen LogP contribution in [-0.4, -0.2) is 69.7 Å². The van der Waals surface area contributed by atoms with Gasteiger partial charge in [0, 0.05) is 36.3 Å². The number of hydrogen-bond acceptors (Lipinski definition) is 4. The van der Waals surface area contributed by atoms with Crippen LogP contribution in [0, 0.1) is 0 Å². The zero-order chi connectivity index (χ0) is 23.4. The van der Waals surface area contributed by atoms with E-state index in [1.807, 2.05) is 27.7 Å². The average molecular weight is 449 g/mol. The number of rotatable bonds is 2. The summed E-state index contributed by atoms with van der Waals surface area (Å²) in [5.74, 6) is -1.92. The Hall–Kier alpha value is -2.12. The molecule has 0 radical (unpaired) electrons. The maximum atomic E-state index is 12.7. The molecule has 4 unspecified atom stereocenters. The summed E-state index contributed by atoms with van der Waals surface area (Å²) in [5, 5.41) is 5.80. The summed E-state index contributed by atoms with van der Waals surface area (Å²) in [6, 6.07) is 0.203. The molecule has 8 nitrogen and oxygen atoms in total. The van der Waals surface area contributed by atoms with Gasteiger partial charge in [-0.25, -0.2) is 0 Å². The van der Waals surface area contributed by atoms with Gasteiger partial charge in [-0.2, -0.15) is 0 Å². The van der Waals surface area contributed by atoms with Crippen molar-refractivity contribution in [3.05, 3.63) is 0 Å². The zero-order valence-electron chi connectivity index (χ0n) is 20.1. The van der Waals surface area contributed by atoms with Crippen LogP contribution in [0.3, 0.4) is 0 Å². The molecule has 0 aromatic rings. The van der Waals surface area contributed by atoms with E-state index in [1.54, 1.807) is 9.80 Å². The third kappa shape index (κ3) is 5.62. The highest BCUT2D eigenvalue weighted by Gasteiger charge is 2.36. The van der Waals surface area contributed by atoms with Crippen LogP contribution >= 0.6 is 0 Å². The summed E-state index contributed by atoms with van der Waals surface area (Å²) in [6.45, 7) is 8.01. The normalized spacial score (nSPS) is 33.4. The number of hydrogen-bond donors (Lipinski definition) is 2. The summed E-state index contributed by atoms with van der Waals surface area (Å²) in [4.78, 5) is 54.0. The molecule has 1 saturated carbocycles. The minimum Gasteiger partial charge on any atom is -0.345 e. The zero-order valence-corrected chi connectivity index (χ0v) is 20.1. The lowest BCUT2D eigenvalue weighted by Gasteiger charge is -2.39. The minimum atomic E-state index is -0.527. The molecule has 3 rings (SSSR count). The molecule has 2 aliphatic heterocycles. The summed E-state index contributed by atoms with van der Waals surface area (Å²) in [5.41, 5.74) is 0. The predicted octanol–water partition coefficient (Wildman–Crippen LogP) is 2.11. The fraction of sp³-hybridized carbons (Fsp3) is 0.833. The maximum absolute atomic E-state index is 12.7. The summed E-state index contributed by atoms with van der Waals surface area (Å²) >= 11 is 0. The fourth-order valence-electron chi connectivity index (χ4n) is 5.75. The monoisotopic (exact) mass is 448 g/mol. The van der Waals surface area contributed by atoms with Crippen molar-refractivity contribution >= 4 is 23.6 Å². The molecule has 2 N–H and O–H groups in total. The summed E-state index contributed by atoms with van der Waals surface area (Å²) < 4.78 is 0. The highest BCUT2D eigenvalue weighted by atomic mass is 16.2. The smallest absolute Gasteiger partial charge is 0.312 e. The molecule has 4 atom stereocenters. The van der Waals surface area contributed by atoms with Crippen LogP contribution in [0.4, 0.5) is 0 Å². The van der Waals surface area contributed by atoms with Crippen molar-refractivity contribution in [1.29, 1.82) is 0 Å². The van der Waals surface area contributed by atoms with E-state index in [-0.39, 0.29) is 36.3 Å². The van der Waals surface area contributed by atoms with E-state index in [0.29, 0.717) is 25.7 Å². The molecule has 0 aromatic heterocycles. The predicted molar refractivity (Wildman–Crippen MR) is 122 cm³/mol. The van der Waals surface area contributed by atoms with Gasteiger partial charge in [0.1, 0.15) is 0 Å². The highest BCUT2D eigenvalue weighted by molar-refractivity contribution is 6.35. The molecule has 3 aliphatic rings. The fourth-order valence-corrected chi connectivity index (χ4v) is 5.75. The Morgan fingerprint density at radius 2 is 0.812 bits per heavy atom. The van der Waals surface area contributed by atoms with E-state index in [0.717, 1.165) is 38.5 Å². The third-order valence-electron chi connectivity index (χ3n) is 7.64. The molecule has 0 spiro atoms. The van der Waals surface area contributed by atoms with E-state index in [4.69, 9.17) is 0 Å². The number of nitrogens with one attached hydrogen (secondary N) is 2. The molecule has 2 saturated heterocycles. The van der Waals surface area contributed by atoms with Crippen LogP contribution in [0.25, 0.3) is 0 Å². The van der Waals surface area contributed by atoms with Gasteiger partial charge < -0.3 is 20.4 Å². The van der Waals surface area contributed by atoms with Gasteiger partial charge >= 0.3 is 23.6 Å². The second-order valence-electron chi connectivity index (χ2n) is 10.2. The van der Waals surface area contributed by atoms with Gasteiger partial charge in [0.05, 0.1) is 0 Å². The molecule has 0 aromatic carbocycles. The molecular weight excluding hydrogens is 408 g/mol. The average Bonchev–Trinajstić information content (AvgIpc) is 2.74. The molecule has 4 amide bonds. The van der Waals surface area contributed by atoms with Crippen LogP contribution in [-0.2, 0) is 19.2 Å². The van der Waals surface area contributed by atoms with Crippen molar-refractivity contribution in [2.45, 2.75) is 128 Å². The molecular formula is C24H40N4O4. The van der Waals surface area contributed by atoms with Crippen molar-refractivity contribution in [3.8, 4) is 0 Å². The maximum Gasteiger partial charge on any atom is 0.312 e. The van der Waals surface area contributed by atoms with Crippen molar-refractivity contribution in [3.63, 3.8) is 0 Å². The molecule has 3 fully saturated rings. The van der Waals surface area contributed by atoms with Gasteiger partial charge in [-0.1, -0.05) is 0 Å². The lowest BCUT2D eigenvalue weighted by Crippen LogP contribution is -2.56. The van der Waals surface area contributed by atoms with Gasteiger partial charge in [0.25, 0.3) is 0 Å². The second kappa shape index (κ2) is 10.7. The number of nitrogens with zero attached hydrogens (tertiary/aromatic N) is 2. The van der Waals surface area contributed by atoms with Gasteiger partial charge in [0.15, 0.2) is 0 Å². The molecule has 32 heavy (non-hydrogen) atoms. The third-order valence-corrected chi connectivity index (χ3v) is 7.64. The summed E-state index contributed by atoms with van der Waals surface area (Å²) in [6.07, 6.45) is 8.62. The van der Waals surface area contributed by atoms with Crippen LogP contribution < -0.4 is 10.6 Å². The van der Waals surface area contributed by atoms with Crippen LogP contribution in [0.5, 0.6) is 0 Å². The van der Waals surface area contributed by atoms with E-state index in [2.05, 4.69) is 10.6 Å². The summed E-state index contributed by atoms with van der Waals surface area (Å²) in [7, 11) is 0. The first-order valence-electron chi connectivity index (χ1n) is 12.4. The van der Waals surface area contributed by atoms with Crippen molar-refractivity contribution in [2.75, 3.05) is 0 Å². The number of carbonyl (C=O) groups is 4. The minimum absolute atomic E-state index is 0.0761. The van der Waals surface area contributed by atoms with Gasteiger partial charge in [-0.05, 0) is 91.9 Å². The number of likely N-dealkylation sites (tertiary alicyclic amines) is 2. The number of amides is 4. The van der Waals surface area contributed by atoms with Crippen molar-refractivity contribution in [1.82, 2.24) is 20.4 Å². The van der Waals surface area contributed by atoms with E-state index in [9.17, 15) is 19.2 Å². The second-order valence-corrected chi connectivity index (χ2v) is 10.2. The van der Waals surface area contributed by atoms with E-state index in [1.165, 1.54) is 0 Å². The van der Waals surface area contributed by atoms with Gasteiger partial charge in [0.2, 0.25) is 0 Å². The lowest BCUT2D eigenvalue weighted by molar-refractivity contribution is -0.150. The Bertz CT molecular complexity index is 639. The molecule has 180 valence electrons. The van der Waals surface area contributed by atoms with E-state index >= 15 is 0 Å². The standard InChI is InChI=1S/C24H40N4O4/c1-15-7-5-8-16(2)27(15)23(31)21(29)25-19-11-13-20(14-12-19)26-22(30)24(32)28-17(3)9-6-10-18(28)4/h15-20H,5-14H2,1-4H3,(H,25,29)(H,26,30). The largest absolute Gasteiger partial charge is 0.345 e. The molecule has 8 heteroatoms. The molecule has 2 heterocycles. The van der Waals surface area contributed by atoms with E-state index < -0.39 is 23.6 Å². The Balaban J connectivity index is 1.44. The van der Waals surface area contributed by atoms with Crippen molar-refractivity contribution in [2.24, 2.45) is 0 Å². The Labute approximate surface area is 191 Å². The number of carbonyl (C=O) groups excluding carboxylic acids is 4. The van der Waals surface area contributed by atoms with Crippen molar-refractivity contribution < 1.29 is 19.2 Å². The van der Waals surface area contributed by atoms with Gasteiger partial charge in [-0.15, -0.1) is 0 Å². The Morgan fingerprint density at radius 1 is 0.531 bits per heavy atom. The quantitative estimate of drug-likeness (QED) is 0.632.